The zero-order valence-corrected chi connectivity index (χ0v) is 10.2. The molecule has 0 aliphatic heterocycles. The van der Waals surface area contributed by atoms with Crippen LogP contribution in [0.1, 0.15) is 40.5 Å². The van der Waals surface area contributed by atoms with Crippen LogP contribution in [0.2, 0.25) is 11.1 Å². The van der Waals surface area contributed by atoms with Gasteiger partial charge in [-0.2, -0.15) is 0 Å². The summed E-state index contributed by atoms with van der Waals surface area (Å²) in [6.07, 6.45) is 1.69. The molecule has 0 spiro atoms. The van der Waals surface area contributed by atoms with Gasteiger partial charge < -0.3 is 0 Å². The van der Waals surface area contributed by atoms with E-state index in [9.17, 15) is 4.79 Å². The second-order valence-corrected chi connectivity index (χ2v) is 6.84. The molecule has 0 atom stereocenters. The van der Waals surface area contributed by atoms with Crippen LogP contribution in [0.25, 0.3) is 0 Å². The van der Waals surface area contributed by atoms with Crippen LogP contribution in [-0.4, -0.2) is 15.3 Å². The Balaban J connectivity index is 3.47. The molecule has 0 N–H and O–H groups in total. The van der Waals surface area contributed by atoms with Crippen LogP contribution in [0, 0.1) is 0 Å². The third-order valence-corrected chi connectivity index (χ3v) is 3.38. The Morgan fingerprint density at radius 3 is 2.31 bits per heavy atom. The normalized spacial score (nSPS) is 11.4. The Morgan fingerprint density at radius 1 is 1.38 bits per heavy atom. The Labute approximate surface area is 84.4 Å². The molecule has 0 rings (SSSR count). The molecule has 0 unspecified atom stereocenters. The molecule has 74 valence electrons. The molecule has 0 fully saturated rings. The maximum absolute atomic E-state index is 11.2. The molecule has 0 aliphatic carbocycles. The lowest BCUT2D eigenvalue weighted by atomic mass is 10.1. The first-order valence-electron chi connectivity index (χ1n) is 4.76. The van der Waals surface area contributed by atoms with Crippen molar-refractivity contribution in [3.8, 4) is 0 Å². The van der Waals surface area contributed by atoms with E-state index in [2.05, 4.69) is 27.4 Å². The standard InChI is InChI=1S/C11H20OSi/c1-9(2)10(12)7-6-8-13-11(3,4)5/h1,6-8H2,2-5H3. The van der Waals surface area contributed by atoms with E-state index in [0.717, 1.165) is 15.9 Å². The van der Waals surface area contributed by atoms with Gasteiger partial charge in [0.15, 0.2) is 5.78 Å². The zero-order valence-electron chi connectivity index (χ0n) is 9.24. The molecule has 0 saturated carbocycles. The summed E-state index contributed by atoms with van der Waals surface area (Å²) in [6.45, 7) is 12.1. The van der Waals surface area contributed by atoms with E-state index in [4.69, 9.17) is 0 Å². The zero-order chi connectivity index (χ0) is 10.5. The van der Waals surface area contributed by atoms with Gasteiger partial charge in [0.1, 0.15) is 0 Å². The van der Waals surface area contributed by atoms with Gasteiger partial charge in [0.25, 0.3) is 0 Å². The van der Waals surface area contributed by atoms with Crippen LogP contribution in [0.5, 0.6) is 0 Å². The van der Waals surface area contributed by atoms with Gasteiger partial charge in [-0.3, -0.25) is 4.79 Å². The largest absolute Gasteiger partial charge is 0.295 e. The summed E-state index contributed by atoms with van der Waals surface area (Å²) in [5.74, 6) is 0.221. The summed E-state index contributed by atoms with van der Waals surface area (Å²) in [5, 5.41) is 0.423. The fraction of sp³-hybridized carbons (Fsp3) is 0.727. The number of hydrogen-bond acceptors (Lipinski definition) is 1. The van der Waals surface area contributed by atoms with Crippen molar-refractivity contribution in [2.24, 2.45) is 0 Å². The number of allylic oxidation sites excluding steroid dienone is 1. The Morgan fingerprint density at radius 2 is 1.92 bits per heavy atom. The number of rotatable bonds is 5. The van der Waals surface area contributed by atoms with Crippen molar-refractivity contribution in [3.05, 3.63) is 12.2 Å². The fourth-order valence-electron chi connectivity index (χ4n) is 0.926. The highest BCUT2D eigenvalue weighted by Crippen LogP contribution is 2.22. The Bertz CT molecular complexity index is 189. The van der Waals surface area contributed by atoms with E-state index in [1.165, 1.54) is 6.04 Å². The highest BCUT2D eigenvalue weighted by molar-refractivity contribution is 6.39. The quantitative estimate of drug-likeness (QED) is 0.375. The second kappa shape index (κ2) is 5.38. The Kier molecular flexibility index (Phi) is 5.22. The minimum Gasteiger partial charge on any atom is -0.295 e. The maximum Gasteiger partial charge on any atom is 0.157 e. The number of carbonyl (C=O) groups is 1. The topological polar surface area (TPSA) is 17.1 Å². The van der Waals surface area contributed by atoms with Gasteiger partial charge in [0, 0.05) is 15.9 Å². The van der Waals surface area contributed by atoms with Gasteiger partial charge in [-0.15, -0.1) is 0 Å². The molecule has 0 amide bonds. The van der Waals surface area contributed by atoms with Gasteiger partial charge >= 0.3 is 0 Å². The maximum atomic E-state index is 11.2. The summed E-state index contributed by atoms with van der Waals surface area (Å²) < 4.78 is 0. The van der Waals surface area contributed by atoms with Gasteiger partial charge in [-0.1, -0.05) is 33.4 Å². The average molecular weight is 196 g/mol. The predicted molar refractivity (Wildman–Crippen MR) is 59.3 cm³/mol. The number of ketones is 1. The van der Waals surface area contributed by atoms with Crippen LogP contribution in [0.15, 0.2) is 12.2 Å². The second-order valence-electron chi connectivity index (χ2n) is 4.48. The van der Waals surface area contributed by atoms with Crippen LogP contribution in [0.3, 0.4) is 0 Å². The molecule has 0 heterocycles. The molecule has 2 radical (unpaired) electrons. The molecule has 0 saturated heterocycles. The predicted octanol–water partition coefficient (Wildman–Crippen LogP) is 3.25. The van der Waals surface area contributed by atoms with Crippen LogP contribution >= 0.6 is 0 Å². The monoisotopic (exact) mass is 196 g/mol. The van der Waals surface area contributed by atoms with Crippen molar-refractivity contribution in [1.82, 2.24) is 0 Å². The van der Waals surface area contributed by atoms with E-state index >= 15 is 0 Å². The SMILES string of the molecule is C=C(C)C(=O)CCC[Si]C(C)(C)C. The summed E-state index contributed by atoms with van der Waals surface area (Å²) in [4.78, 5) is 11.2. The highest BCUT2D eigenvalue weighted by atomic mass is 28.2. The molecular weight excluding hydrogens is 176 g/mol. The number of hydrogen-bond donors (Lipinski definition) is 0. The van der Waals surface area contributed by atoms with Crippen molar-refractivity contribution in [3.63, 3.8) is 0 Å². The van der Waals surface area contributed by atoms with Crippen molar-refractivity contribution < 1.29 is 4.79 Å². The average Bonchev–Trinajstić information content (AvgIpc) is 1.95. The summed E-state index contributed by atoms with van der Waals surface area (Å²) >= 11 is 0. The van der Waals surface area contributed by atoms with Crippen molar-refractivity contribution in [2.75, 3.05) is 0 Å². The van der Waals surface area contributed by atoms with Gasteiger partial charge in [0.2, 0.25) is 0 Å². The molecule has 0 aromatic rings. The molecule has 0 aliphatic rings. The summed E-state index contributed by atoms with van der Waals surface area (Å²) in [7, 11) is 0.953. The fourth-order valence-corrected chi connectivity index (χ4v) is 2.03. The minimum absolute atomic E-state index is 0.221. The molecule has 0 aromatic carbocycles. The summed E-state index contributed by atoms with van der Waals surface area (Å²) in [6, 6.07) is 1.17. The first kappa shape index (κ1) is 12.6. The van der Waals surface area contributed by atoms with Crippen LogP contribution in [-0.2, 0) is 4.79 Å². The molecular formula is C11H20OSi. The van der Waals surface area contributed by atoms with Gasteiger partial charge in [-0.25, -0.2) is 0 Å². The van der Waals surface area contributed by atoms with E-state index in [0.29, 0.717) is 17.0 Å². The minimum atomic E-state index is 0.221. The molecule has 2 heteroatoms. The Hall–Kier alpha value is -0.373. The lowest BCUT2D eigenvalue weighted by Crippen LogP contribution is -2.08. The van der Waals surface area contributed by atoms with Crippen molar-refractivity contribution in [1.29, 1.82) is 0 Å². The van der Waals surface area contributed by atoms with E-state index in [1.54, 1.807) is 6.92 Å². The molecule has 0 bridgehead atoms. The van der Waals surface area contributed by atoms with Gasteiger partial charge in [-0.05, 0) is 24.0 Å². The molecule has 0 aromatic heterocycles. The first-order valence-corrected chi connectivity index (χ1v) is 5.97. The van der Waals surface area contributed by atoms with Gasteiger partial charge in [0.05, 0.1) is 0 Å². The van der Waals surface area contributed by atoms with Crippen molar-refractivity contribution in [2.45, 2.75) is 51.6 Å². The first-order chi connectivity index (χ1) is 5.83. The van der Waals surface area contributed by atoms with Crippen molar-refractivity contribution >= 4 is 15.3 Å². The van der Waals surface area contributed by atoms with E-state index < -0.39 is 0 Å². The third-order valence-electron chi connectivity index (χ3n) is 1.71. The number of carbonyl (C=O) groups excluding carboxylic acids is 1. The van der Waals surface area contributed by atoms with Crippen LogP contribution < -0.4 is 0 Å². The third kappa shape index (κ3) is 7.97. The highest BCUT2D eigenvalue weighted by Gasteiger charge is 2.11. The smallest absolute Gasteiger partial charge is 0.157 e. The summed E-state index contributed by atoms with van der Waals surface area (Å²) in [5.41, 5.74) is 0.694. The molecule has 13 heavy (non-hydrogen) atoms. The lowest BCUT2D eigenvalue weighted by molar-refractivity contribution is -0.115. The van der Waals surface area contributed by atoms with Crippen LogP contribution in [0.4, 0.5) is 0 Å². The lowest BCUT2D eigenvalue weighted by Gasteiger charge is -2.15. The van der Waals surface area contributed by atoms with E-state index in [1.807, 2.05) is 0 Å². The number of Topliss-reactive ketones (excluding diaryl/α,β-unsaturated/α-hetero) is 1. The molecule has 1 nitrogen and oxygen atoms in total. The van der Waals surface area contributed by atoms with E-state index in [-0.39, 0.29) is 5.78 Å².